The molecule has 4 unspecified atom stereocenters. The predicted octanol–water partition coefficient (Wildman–Crippen LogP) is 2.81. The van der Waals surface area contributed by atoms with Crippen LogP contribution in [-0.4, -0.2) is 30.3 Å². The molecule has 0 aliphatic heterocycles. The minimum Gasteiger partial charge on any atom is -0.492 e. The molecule has 5 heteroatoms. The van der Waals surface area contributed by atoms with Gasteiger partial charge in [0.25, 0.3) is 0 Å². The monoisotopic (exact) mass is 309 g/mol. The van der Waals surface area contributed by atoms with Gasteiger partial charge in [-0.2, -0.15) is 0 Å². The van der Waals surface area contributed by atoms with Crippen LogP contribution in [0.25, 0.3) is 0 Å². The number of carboxylic acid groups (broad SMARTS) is 1. The summed E-state index contributed by atoms with van der Waals surface area (Å²) in [6, 6.07) is 7.40. The van der Waals surface area contributed by atoms with Crippen molar-refractivity contribution in [2.24, 2.45) is 17.8 Å². The van der Waals surface area contributed by atoms with Crippen molar-refractivity contribution in [3.8, 4) is 5.75 Å². The van der Waals surface area contributed by atoms with E-state index in [0.29, 0.717) is 30.0 Å². The number of rotatable bonds is 6. The van der Waals surface area contributed by atoms with Crippen LogP contribution in [0.4, 0.5) is 0 Å². The van der Waals surface area contributed by atoms with Crippen molar-refractivity contribution in [2.45, 2.75) is 25.3 Å². The van der Waals surface area contributed by atoms with Gasteiger partial charge in [0.05, 0.1) is 5.92 Å². The van der Waals surface area contributed by atoms with Crippen LogP contribution < -0.4 is 10.1 Å². The van der Waals surface area contributed by atoms with Crippen LogP contribution in [0.2, 0.25) is 5.02 Å². The number of hydrogen-bond acceptors (Lipinski definition) is 3. The Morgan fingerprint density at radius 3 is 2.95 bits per heavy atom. The summed E-state index contributed by atoms with van der Waals surface area (Å²) in [5.41, 5.74) is 0. The molecule has 2 N–H and O–H groups in total. The maximum atomic E-state index is 11.4. The number of halogens is 1. The molecule has 3 rings (SSSR count). The lowest BCUT2D eigenvalue weighted by molar-refractivity contribution is -0.144. The molecule has 0 aromatic heterocycles. The van der Waals surface area contributed by atoms with E-state index in [1.807, 2.05) is 12.1 Å². The minimum atomic E-state index is -0.657. The van der Waals surface area contributed by atoms with Crippen LogP contribution >= 0.6 is 11.6 Å². The summed E-state index contributed by atoms with van der Waals surface area (Å²) in [4.78, 5) is 11.4. The Morgan fingerprint density at radius 1 is 1.38 bits per heavy atom. The lowest BCUT2D eigenvalue weighted by atomic mass is 9.84. The Labute approximate surface area is 129 Å². The van der Waals surface area contributed by atoms with E-state index in [1.54, 1.807) is 12.1 Å². The van der Waals surface area contributed by atoms with Gasteiger partial charge >= 0.3 is 5.97 Å². The highest BCUT2D eigenvalue weighted by atomic mass is 35.5. The Bertz CT molecular complexity index is 522. The molecule has 1 aromatic carbocycles. The Kier molecular flexibility index (Phi) is 4.36. The Hall–Kier alpha value is -1.26. The molecule has 1 aromatic rings. The first-order valence-electron chi connectivity index (χ1n) is 7.49. The lowest BCUT2D eigenvalue weighted by Gasteiger charge is -2.29. The number of carbonyl (C=O) groups is 1. The first-order chi connectivity index (χ1) is 10.1. The van der Waals surface area contributed by atoms with Crippen LogP contribution in [0.3, 0.4) is 0 Å². The fourth-order valence-corrected chi connectivity index (χ4v) is 4.07. The molecule has 0 saturated heterocycles. The van der Waals surface area contributed by atoms with Gasteiger partial charge in [0.1, 0.15) is 12.4 Å². The van der Waals surface area contributed by atoms with Crippen LogP contribution in [0.5, 0.6) is 5.75 Å². The van der Waals surface area contributed by atoms with Crippen LogP contribution in [0.1, 0.15) is 19.3 Å². The van der Waals surface area contributed by atoms with Gasteiger partial charge in [-0.3, -0.25) is 4.79 Å². The van der Waals surface area contributed by atoms with Crippen molar-refractivity contribution >= 4 is 17.6 Å². The molecule has 114 valence electrons. The van der Waals surface area contributed by atoms with Crippen molar-refractivity contribution in [1.29, 1.82) is 0 Å². The van der Waals surface area contributed by atoms with E-state index in [9.17, 15) is 9.90 Å². The zero-order chi connectivity index (χ0) is 14.8. The number of carboxylic acids is 1. The number of fused-ring (bicyclic) bond motifs is 2. The van der Waals surface area contributed by atoms with Crippen LogP contribution in [-0.2, 0) is 4.79 Å². The molecule has 2 saturated carbocycles. The average molecular weight is 310 g/mol. The van der Waals surface area contributed by atoms with Gasteiger partial charge in [-0.05, 0) is 49.3 Å². The van der Waals surface area contributed by atoms with E-state index < -0.39 is 5.97 Å². The van der Waals surface area contributed by atoms with E-state index in [0.717, 1.165) is 25.0 Å². The molecule has 2 bridgehead atoms. The molecular formula is C16H20ClNO3. The lowest BCUT2D eigenvalue weighted by Crippen LogP contribution is -2.45. The minimum absolute atomic E-state index is 0.101. The SMILES string of the molecule is O=C(O)C1C2CCC(C2)C1NCCOc1cccc(Cl)c1. The normalized spacial score (nSPS) is 30.5. The smallest absolute Gasteiger partial charge is 0.308 e. The van der Waals surface area contributed by atoms with E-state index in [2.05, 4.69) is 5.32 Å². The number of nitrogens with one attached hydrogen (secondary N) is 1. The zero-order valence-electron chi connectivity index (χ0n) is 11.8. The van der Waals surface area contributed by atoms with E-state index in [-0.39, 0.29) is 12.0 Å². The van der Waals surface area contributed by atoms with Crippen molar-refractivity contribution in [2.75, 3.05) is 13.2 Å². The molecule has 0 radical (unpaired) electrons. The molecule has 0 heterocycles. The first-order valence-corrected chi connectivity index (χ1v) is 7.87. The highest BCUT2D eigenvalue weighted by Crippen LogP contribution is 2.48. The summed E-state index contributed by atoms with van der Waals surface area (Å²) in [7, 11) is 0. The average Bonchev–Trinajstić information content (AvgIpc) is 3.04. The van der Waals surface area contributed by atoms with Crippen molar-refractivity contribution in [1.82, 2.24) is 5.32 Å². The van der Waals surface area contributed by atoms with E-state index in [1.165, 1.54) is 0 Å². The van der Waals surface area contributed by atoms with Crippen LogP contribution in [0.15, 0.2) is 24.3 Å². The second-order valence-corrected chi connectivity index (χ2v) is 6.42. The highest BCUT2D eigenvalue weighted by molar-refractivity contribution is 6.30. The van der Waals surface area contributed by atoms with Gasteiger partial charge in [-0.1, -0.05) is 17.7 Å². The van der Waals surface area contributed by atoms with Gasteiger partial charge in [-0.15, -0.1) is 0 Å². The van der Waals surface area contributed by atoms with Crippen LogP contribution in [0, 0.1) is 17.8 Å². The second kappa shape index (κ2) is 6.24. The zero-order valence-corrected chi connectivity index (χ0v) is 12.6. The van der Waals surface area contributed by atoms with Crippen molar-refractivity contribution in [3.63, 3.8) is 0 Å². The molecule has 4 nitrogen and oxygen atoms in total. The molecular weight excluding hydrogens is 290 g/mol. The molecule has 0 amide bonds. The third kappa shape index (κ3) is 3.16. The Morgan fingerprint density at radius 2 is 2.19 bits per heavy atom. The van der Waals surface area contributed by atoms with Gasteiger partial charge in [0.2, 0.25) is 0 Å². The summed E-state index contributed by atoms with van der Waals surface area (Å²) in [6.07, 6.45) is 3.28. The fraction of sp³-hybridized carbons (Fsp3) is 0.562. The molecule has 4 atom stereocenters. The number of hydrogen-bond donors (Lipinski definition) is 2. The fourth-order valence-electron chi connectivity index (χ4n) is 3.89. The number of benzene rings is 1. The molecule has 2 fully saturated rings. The molecule has 0 spiro atoms. The predicted molar refractivity (Wildman–Crippen MR) is 80.7 cm³/mol. The quantitative estimate of drug-likeness (QED) is 0.793. The third-order valence-electron chi connectivity index (χ3n) is 4.75. The topological polar surface area (TPSA) is 58.6 Å². The molecule has 2 aliphatic rings. The van der Waals surface area contributed by atoms with Gasteiger partial charge in [-0.25, -0.2) is 0 Å². The van der Waals surface area contributed by atoms with Gasteiger partial charge in [0.15, 0.2) is 0 Å². The largest absolute Gasteiger partial charge is 0.492 e. The standard InChI is InChI=1S/C16H20ClNO3/c17-12-2-1-3-13(9-12)21-7-6-18-15-11-5-4-10(8-11)14(15)16(19)20/h1-3,9-11,14-15,18H,4-8H2,(H,19,20). The second-order valence-electron chi connectivity index (χ2n) is 5.98. The maximum absolute atomic E-state index is 11.4. The number of aliphatic carboxylic acids is 1. The van der Waals surface area contributed by atoms with E-state index >= 15 is 0 Å². The van der Waals surface area contributed by atoms with Crippen molar-refractivity contribution in [3.05, 3.63) is 29.3 Å². The maximum Gasteiger partial charge on any atom is 0.308 e. The summed E-state index contributed by atoms with van der Waals surface area (Å²) in [5, 5.41) is 13.4. The Balaban J connectivity index is 1.48. The molecule has 21 heavy (non-hydrogen) atoms. The van der Waals surface area contributed by atoms with Gasteiger partial charge < -0.3 is 15.2 Å². The third-order valence-corrected chi connectivity index (χ3v) is 4.98. The summed E-state index contributed by atoms with van der Waals surface area (Å²) >= 11 is 5.90. The van der Waals surface area contributed by atoms with Crippen molar-refractivity contribution < 1.29 is 14.6 Å². The molecule has 2 aliphatic carbocycles. The summed E-state index contributed by atoms with van der Waals surface area (Å²) in [5.74, 6) is 0.735. The highest BCUT2D eigenvalue weighted by Gasteiger charge is 2.50. The number of ether oxygens (including phenoxy) is 1. The summed E-state index contributed by atoms with van der Waals surface area (Å²) < 4.78 is 5.63. The van der Waals surface area contributed by atoms with E-state index in [4.69, 9.17) is 16.3 Å². The van der Waals surface area contributed by atoms with Gasteiger partial charge in [0, 0.05) is 17.6 Å². The first kappa shape index (κ1) is 14.7. The summed E-state index contributed by atoms with van der Waals surface area (Å²) in [6.45, 7) is 1.17.